The summed E-state index contributed by atoms with van der Waals surface area (Å²) in [6, 6.07) is 16.5. The van der Waals surface area contributed by atoms with Gasteiger partial charge in [-0.25, -0.2) is 8.42 Å². The smallest absolute Gasteiger partial charge is 0.237 e. The molecule has 0 saturated carbocycles. The normalized spacial score (nSPS) is 19.6. The van der Waals surface area contributed by atoms with Crippen LogP contribution < -0.4 is 10.6 Å². The Morgan fingerprint density at radius 1 is 1.21 bits per heavy atom. The van der Waals surface area contributed by atoms with Crippen molar-refractivity contribution >= 4 is 39.8 Å². The Balaban J connectivity index is 0.00000300. The van der Waals surface area contributed by atoms with Gasteiger partial charge < -0.3 is 10.6 Å². The van der Waals surface area contributed by atoms with E-state index in [1.54, 1.807) is 12.1 Å². The van der Waals surface area contributed by atoms with Crippen LogP contribution in [0.3, 0.4) is 0 Å². The Hall–Kier alpha value is -2.11. The fraction of sp³-hybridized carbons (Fsp3) is 0.300. The van der Waals surface area contributed by atoms with Gasteiger partial charge in [0.15, 0.2) is 9.84 Å². The molecule has 2 aromatic rings. The van der Waals surface area contributed by atoms with Crippen molar-refractivity contribution < 1.29 is 13.2 Å². The van der Waals surface area contributed by atoms with Crippen LogP contribution in [0.5, 0.6) is 0 Å². The molecule has 0 bridgehead atoms. The molecule has 2 N–H and O–H groups in total. The van der Waals surface area contributed by atoms with E-state index < -0.39 is 27.2 Å². The molecule has 0 radical (unpaired) electrons. The lowest BCUT2D eigenvalue weighted by molar-refractivity contribution is -0.123. The van der Waals surface area contributed by atoms with Gasteiger partial charge in [-0.3, -0.25) is 4.79 Å². The van der Waals surface area contributed by atoms with Gasteiger partial charge in [0.05, 0.1) is 39.7 Å². The number of sulfone groups is 1. The molecular formula is C20H21Cl2N3O3S. The number of nitrogens with one attached hydrogen (secondary N) is 2. The minimum absolute atomic E-state index is 0. The number of carbonyl (C=O) groups excluding carboxylic acids is 1. The Morgan fingerprint density at radius 3 is 2.52 bits per heavy atom. The van der Waals surface area contributed by atoms with E-state index >= 15 is 0 Å². The zero-order valence-corrected chi connectivity index (χ0v) is 17.8. The maximum atomic E-state index is 12.9. The molecule has 29 heavy (non-hydrogen) atoms. The number of halogens is 2. The van der Waals surface area contributed by atoms with Crippen LogP contribution in [0.4, 0.5) is 0 Å². The van der Waals surface area contributed by atoms with Crippen LogP contribution in [0.15, 0.2) is 59.5 Å². The summed E-state index contributed by atoms with van der Waals surface area (Å²) < 4.78 is 25.7. The van der Waals surface area contributed by atoms with Crippen molar-refractivity contribution in [3.63, 3.8) is 0 Å². The summed E-state index contributed by atoms with van der Waals surface area (Å²) in [5, 5.41) is 14.3. The predicted molar refractivity (Wildman–Crippen MR) is 114 cm³/mol. The molecule has 154 valence electrons. The van der Waals surface area contributed by atoms with E-state index in [4.69, 9.17) is 16.9 Å². The van der Waals surface area contributed by atoms with Gasteiger partial charge in [-0.1, -0.05) is 54.1 Å². The van der Waals surface area contributed by atoms with E-state index in [-0.39, 0.29) is 47.6 Å². The molecule has 2 aromatic carbocycles. The fourth-order valence-electron chi connectivity index (χ4n) is 3.30. The summed E-state index contributed by atoms with van der Waals surface area (Å²) in [5.41, 5.74) is 0.829. The molecule has 9 heteroatoms. The number of hydrogen-bond donors (Lipinski definition) is 2. The van der Waals surface area contributed by atoms with E-state index in [1.165, 1.54) is 12.1 Å². The van der Waals surface area contributed by atoms with E-state index in [0.29, 0.717) is 0 Å². The van der Waals surface area contributed by atoms with Crippen LogP contribution in [0.2, 0.25) is 5.02 Å². The van der Waals surface area contributed by atoms with Gasteiger partial charge in [-0.15, -0.1) is 12.4 Å². The van der Waals surface area contributed by atoms with Crippen molar-refractivity contribution in [2.45, 2.75) is 35.1 Å². The summed E-state index contributed by atoms with van der Waals surface area (Å²) in [6.07, 6.45) is 0.275. The first-order valence-corrected chi connectivity index (χ1v) is 10.8. The van der Waals surface area contributed by atoms with Crippen molar-refractivity contribution in [3.8, 4) is 6.07 Å². The molecule has 3 atom stereocenters. The molecule has 1 unspecified atom stereocenters. The van der Waals surface area contributed by atoms with Gasteiger partial charge in [-0.2, -0.15) is 5.26 Å². The summed E-state index contributed by atoms with van der Waals surface area (Å²) in [6.45, 7) is 0.167. The first-order valence-electron chi connectivity index (χ1n) is 8.87. The Labute approximate surface area is 181 Å². The van der Waals surface area contributed by atoms with Gasteiger partial charge in [-0.05, 0) is 24.1 Å². The summed E-state index contributed by atoms with van der Waals surface area (Å²) >= 11 is 6.05. The second kappa shape index (κ2) is 10.1. The maximum absolute atomic E-state index is 12.9. The summed E-state index contributed by atoms with van der Waals surface area (Å²) in [4.78, 5) is 12.8. The van der Waals surface area contributed by atoms with E-state index in [2.05, 4.69) is 16.7 Å². The van der Waals surface area contributed by atoms with Crippen LogP contribution in [0.1, 0.15) is 24.4 Å². The minimum atomic E-state index is -3.65. The van der Waals surface area contributed by atoms with Gasteiger partial charge in [0.2, 0.25) is 5.91 Å². The third-order valence-electron chi connectivity index (χ3n) is 4.80. The molecule has 1 aliphatic rings. The lowest BCUT2D eigenvalue weighted by Crippen LogP contribution is -2.42. The van der Waals surface area contributed by atoms with Crippen molar-refractivity contribution in [3.05, 3.63) is 65.2 Å². The van der Waals surface area contributed by atoms with Gasteiger partial charge >= 0.3 is 0 Å². The highest BCUT2D eigenvalue weighted by atomic mass is 35.5. The van der Waals surface area contributed by atoms with Crippen molar-refractivity contribution in [1.82, 2.24) is 10.6 Å². The van der Waals surface area contributed by atoms with Crippen molar-refractivity contribution in [1.29, 1.82) is 5.26 Å². The molecule has 1 fully saturated rings. The Kier molecular flexibility index (Phi) is 8.05. The number of rotatable bonds is 6. The number of hydrogen-bond acceptors (Lipinski definition) is 5. The van der Waals surface area contributed by atoms with E-state index in [0.717, 1.165) is 5.56 Å². The molecule has 0 aromatic heterocycles. The Morgan fingerprint density at radius 2 is 1.86 bits per heavy atom. The van der Waals surface area contributed by atoms with E-state index in [9.17, 15) is 13.2 Å². The monoisotopic (exact) mass is 453 g/mol. The van der Waals surface area contributed by atoms with Crippen LogP contribution >= 0.6 is 24.0 Å². The minimum Gasteiger partial charge on any atom is -0.347 e. The number of nitrogens with zero attached hydrogens (tertiary/aromatic N) is 1. The quantitative estimate of drug-likeness (QED) is 0.699. The van der Waals surface area contributed by atoms with Gasteiger partial charge in [0.25, 0.3) is 0 Å². The average molecular weight is 454 g/mol. The molecule has 1 aliphatic heterocycles. The second-order valence-corrected chi connectivity index (χ2v) is 9.23. The van der Waals surface area contributed by atoms with Crippen LogP contribution in [0, 0.1) is 11.3 Å². The molecule has 0 aliphatic carbocycles. The third kappa shape index (κ3) is 5.28. The zero-order chi connectivity index (χ0) is 20.1. The molecule has 1 amide bonds. The lowest BCUT2D eigenvalue weighted by Gasteiger charge is -2.19. The average Bonchev–Trinajstić information content (AvgIpc) is 3.20. The van der Waals surface area contributed by atoms with Crippen LogP contribution in [0.25, 0.3) is 0 Å². The summed E-state index contributed by atoms with van der Waals surface area (Å²) in [7, 11) is -3.65. The highest BCUT2D eigenvalue weighted by Gasteiger charge is 2.39. The highest BCUT2D eigenvalue weighted by Crippen LogP contribution is 2.28. The maximum Gasteiger partial charge on any atom is 0.237 e. The topological polar surface area (TPSA) is 99.1 Å². The Bertz CT molecular complexity index is 994. The molecule has 0 spiro atoms. The molecule has 6 nitrogen and oxygen atoms in total. The number of nitriles is 1. The largest absolute Gasteiger partial charge is 0.347 e. The van der Waals surface area contributed by atoms with Crippen LogP contribution in [-0.2, 0) is 14.6 Å². The summed E-state index contributed by atoms with van der Waals surface area (Å²) in [5.74, 6) is -0.319. The molecule has 1 saturated heterocycles. The lowest BCUT2D eigenvalue weighted by atomic mass is 10.0. The standard InChI is InChI=1S/C20H20ClN3O3S.ClH/c21-16-8-4-5-9-19(16)28(26,27)15-12-18(23-13-15)20(25)24-17(10-11-22)14-6-2-1-3-7-14;/h1-9,15,17-18,23H,10,12-13H2,(H,24,25);1H/t15-,17?,18+;/m1./s1. The van der Waals surface area contributed by atoms with Gasteiger partial charge in [0.1, 0.15) is 0 Å². The van der Waals surface area contributed by atoms with E-state index in [1.807, 2.05) is 30.3 Å². The first-order chi connectivity index (χ1) is 13.4. The predicted octanol–water partition coefficient (Wildman–Crippen LogP) is 3.04. The zero-order valence-electron chi connectivity index (χ0n) is 15.4. The highest BCUT2D eigenvalue weighted by molar-refractivity contribution is 7.92. The molecule has 1 heterocycles. The number of carbonyl (C=O) groups is 1. The second-order valence-electron chi connectivity index (χ2n) is 6.63. The SMILES string of the molecule is Cl.N#CCC(NC(=O)[C@@H]1C[C@@H](S(=O)(=O)c2ccccc2Cl)CN1)c1ccccc1. The third-order valence-corrected chi connectivity index (χ3v) is 7.45. The molecular weight excluding hydrogens is 433 g/mol. The fourth-order valence-corrected chi connectivity index (χ4v) is 5.48. The number of benzene rings is 2. The first kappa shape index (κ1) is 23.2. The number of amides is 1. The molecule has 3 rings (SSSR count). The van der Waals surface area contributed by atoms with Gasteiger partial charge in [0, 0.05) is 6.54 Å². The van der Waals surface area contributed by atoms with Crippen molar-refractivity contribution in [2.24, 2.45) is 0 Å². The van der Waals surface area contributed by atoms with Crippen molar-refractivity contribution in [2.75, 3.05) is 6.54 Å². The van der Waals surface area contributed by atoms with Crippen LogP contribution in [-0.4, -0.2) is 32.2 Å².